The number of hydrogen-bond acceptors (Lipinski definition) is 7. The topological polar surface area (TPSA) is 108 Å². The molecule has 1 N–H and O–H groups in total. The van der Waals surface area contributed by atoms with Crippen LogP contribution < -0.4 is 0 Å². The van der Waals surface area contributed by atoms with Crippen LogP contribution in [0.5, 0.6) is 0 Å². The number of carbonyl (C=O) groups is 2. The summed E-state index contributed by atoms with van der Waals surface area (Å²) < 4.78 is 33.9. The summed E-state index contributed by atoms with van der Waals surface area (Å²) in [5.74, 6) is -0.819. The minimum Gasteiger partial charge on any atom is -0.462 e. The molecule has 0 aromatic rings. The Labute approximate surface area is 264 Å². The van der Waals surface area contributed by atoms with E-state index in [0.29, 0.717) is 17.4 Å². The number of likely N-dealkylation sites (N-methyl/N-ethyl adjacent to an activating group) is 1. The second-order valence-corrected chi connectivity index (χ2v) is 14.1. The molecule has 0 rings (SSSR count). The molecule has 0 spiro atoms. The Hall–Kier alpha value is -0.990. The van der Waals surface area contributed by atoms with Crippen molar-refractivity contribution in [2.24, 2.45) is 0 Å². The van der Waals surface area contributed by atoms with Gasteiger partial charge in [0.15, 0.2) is 6.10 Å². The molecule has 2 atom stereocenters. The predicted molar refractivity (Wildman–Crippen MR) is 173 cm³/mol. The van der Waals surface area contributed by atoms with Crippen LogP contribution >= 0.6 is 7.82 Å². The third-order valence-corrected chi connectivity index (χ3v) is 8.16. The first-order chi connectivity index (χ1) is 20.5. The molecule has 0 saturated heterocycles. The summed E-state index contributed by atoms with van der Waals surface area (Å²) in [5.41, 5.74) is 0. The minimum absolute atomic E-state index is 0.0309. The quantitative estimate of drug-likeness (QED) is 0.0268. The van der Waals surface area contributed by atoms with Crippen molar-refractivity contribution in [3.63, 3.8) is 0 Å². The summed E-state index contributed by atoms with van der Waals surface area (Å²) in [5, 5.41) is 0. The highest BCUT2D eigenvalue weighted by molar-refractivity contribution is 7.47. The van der Waals surface area contributed by atoms with Crippen LogP contribution in [-0.4, -0.2) is 74.9 Å². The van der Waals surface area contributed by atoms with E-state index in [0.717, 1.165) is 57.8 Å². The molecular weight excluding hydrogens is 569 g/mol. The predicted octanol–water partition coefficient (Wildman–Crippen LogP) is 8.14. The summed E-state index contributed by atoms with van der Waals surface area (Å²) >= 11 is 0. The van der Waals surface area contributed by atoms with E-state index in [1.165, 1.54) is 57.8 Å². The summed E-state index contributed by atoms with van der Waals surface area (Å²) in [6, 6.07) is 0. The maximum absolute atomic E-state index is 12.5. The minimum atomic E-state index is -4.36. The molecular formula is C33H65NO8P-. The van der Waals surface area contributed by atoms with Crippen LogP contribution in [0.1, 0.15) is 135 Å². The maximum Gasteiger partial charge on any atom is 0.472 e. The third-order valence-electron chi connectivity index (χ3n) is 7.18. The molecule has 1 unspecified atom stereocenters. The zero-order valence-corrected chi connectivity index (χ0v) is 28.8. The lowest BCUT2D eigenvalue weighted by Crippen LogP contribution is -2.37. The largest absolute Gasteiger partial charge is 0.472 e. The Morgan fingerprint density at radius 2 is 1.07 bits per heavy atom. The van der Waals surface area contributed by atoms with E-state index in [-0.39, 0.29) is 32.0 Å². The van der Waals surface area contributed by atoms with Gasteiger partial charge in [0.2, 0.25) is 0 Å². The zero-order valence-electron chi connectivity index (χ0n) is 27.9. The molecule has 0 fully saturated rings. The van der Waals surface area contributed by atoms with E-state index in [1.54, 1.807) is 0 Å². The van der Waals surface area contributed by atoms with E-state index in [9.17, 15) is 19.0 Å². The fraction of sp³-hybridized carbons (Fsp3) is 0.879. The van der Waals surface area contributed by atoms with Crippen LogP contribution in [0.25, 0.3) is 0 Å². The van der Waals surface area contributed by atoms with Crippen molar-refractivity contribution in [1.82, 2.24) is 0 Å². The van der Waals surface area contributed by atoms with Crippen LogP contribution in [0.4, 0.5) is 0 Å². The van der Waals surface area contributed by atoms with Crippen molar-refractivity contribution in [3.8, 4) is 0 Å². The second kappa shape index (κ2) is 27.3. The molecule has 0 aromatic carbocycles. The molecule has 0 aliphatic heterocycles. The number of quaternary nitrogens is 1. The number of unbranched alkanes of at least 4 members (excludes halogenated alkanes) is 17. The van der Waals surface area contributed by atoms with E-state index >= 15 is 0 Å². The zero-order chi connectivity index (χ0) is 32.2. The molecule has 43 heavy (non-hydrogen) atoms. The van der Waals surface area contributed by atoms with Gasteiger partial charge in [0.05, 0.1) is 27.7 Å². The maximum atomic E-state index is 12.5. The van der Waals surface area contributed by atoms with Crippen LogP contribution in [-0.2, 0) is 32.7 Å². The van der Waals surface area contributed by atoms with Gasteiger partial charge in [-0.25, -0.2) is 4.57 Å². The number of ether oxygens (including phenoxy) is 2. The Bertz CT molecular complexity index is 728. The van der Waals surface area contributed by atoms with Gasteiger partial charge in [0.25, 0.3) is 0 Å². The van der Waals surface area contributed by atoms with Gasteiger partial charge < -0.3 is 32.7 Å². The number of esters is 2. The van der Waals surface area contributed by atoms with Crippen molar-refractivity contribution in [2.75, 3.05) is 47.5 Å². The van der Waals surface area contributed by atoms with Gasteiger partial charge in [0.1, 0.15) is 19.8 Å². The second-order valence-electron chi connectivity index (χ2n) is 12.6. The van der Waals surface area contributed by atoms with Crippen LogP contribution in [0.3, 0.4) is 0 Å². The molecule has 10 heteroatoms. The highest BCUT2D eigenvalue weighted by Gasteiger charge is 2.27. The average Bonchev–Trinajstić information content (AvgIpc) is 2.93. The number of hydrogen-bond donors (Lipinski definition) is 1. The van der Waals surface area contributed by atoms with Gasteiger partial charge in [-0.2, -0.15) is 12.8 Å². The van der Waals surface area contributed by atoms with Gasteiger partial charge in [0, 0.05) is 12.8 Å². The molecule has 0 bridgehead atoms. The van der Waals surface area contributed by atoms with Gasteiger partial charge >= 0.3 is 19.8 Å². The first-order valence-electron chi connectivity index (χ1n) is 16.8. The summed E-state index contributed by atoms with van der Waals surface area (Å²) in [6.45, 7) is 7.64. The SMILES string of the molecule is [CH2-]CCCCCCCCCCCC(=O)O[C@H](COC(=O)CCCCCCCCCC[CH2-])COP(=O)(O)OCC[N+](C)(C)C. The first-order valence-corrected chi connectivity index (χ1v) is 18.3. The van der Waals surface area contributed by atoms with Crippen molar-refractivity contribution in [3.05, 3.63) is 13.8 Å². The van der Waals surface area contributed by atoms with Crippen LogP contribution in [0, 0.1) is 13.8 Å². The van der Waals surface area contributed by atoms with E-state index < -0.39 is 26.5 Å². The standard InChI is InChI=1S/C33H65NO8P/c1-6-8-10-12-14-16-18-20-22-24-26-33(36)42-31(30-41-43(37,38)40-28-27-34(3,4)5)29-39-32(35)25-23-21-19-17-15-13-11-9-7-2/h31H,1-2,6-30H2,3-5H3,(H,37,38)/q-1/t31-/m1/s1. The van der Waals surface area contributed by atoms with Crippen molar-refractivity contribution in [1.29, 1.82) is 0 Å². The number of phosphoric acid groups is 1. The van der Waals surface area contributed by atoms with Crippen molar-refractivity contribution < 1.29 is 42.1 Å². The molecule has 0 aromatic heterocycles. The Morgan fingerprint density at radius 3 is 1.51 bits per heavy atom. The lowest BCUT2D eigenvalue weighted by molar-refractivity contribution is -0.870. The molecule has 0 heterocycles. The first kappa shape index (κ1) is 42.0. The Morgan fingerprint density at radius 1 is 0.651 bits per heavy atom. The third kappa shape index (κ3) is 30.8. The molecule has 9 nitrogen and oxygen atoms in total. The van der Waals surface area contributed by atoms with E-state index in [1.807, 2.05) is 21.1 Å². The summed E-state index contributed by atoms with van der Waals surface area (Å²) in [6.07, 6.45) is 20.4. The molecule has 0 aliphatic rings. The van der Waals surface area contributed by atoms with Gasteiger partial charge in [-0.1, -0.05) is 96.3 Å². The van der Waals surface area contributed by atoms with Crippen LogP contribution in [0.15, 0.2) is 0 Å². The van der Waals surface area contributed by atoms with Crippen molar-refractivity contribution in [2.45, 2.75) is 141 Å². The normalized spacial score (nSPS) is 13.9. The van der Waals surface area contributed by atoms with E-state index in [2.05, 4.69) is 13.8 Å². The summed E-state index contributed by atoms with van der Waals surface area (Å²) in [4.78, 5) is 34.9. The fourth-order valence-electron chi connectivity index (χ4n) is 4.45. The lowest BCUT2D eigenvalue weighted by atomic mass is 10.1. The smallest absolute Gasteiger partial charge is 0.462 e. The van der Waals surface area contributed by atoms with Crippen LogP contribution in [0.2, 0.25) is 0 Å². The molecule has 0 radical (unpaired) electrons. The molecule has 0 amide bonds. The summed E-state index contributed by atoms with van der Waals surface area (Å²) in [7, 11) is 1.47. The molecule has 0 aliphatic carbocycles. The lowest BCUT2D eigenvalue weighted by Gasteiger charge is -2.24. The number of carbonyl (C=O) groups excluding carboxylic acids is 2. The molecule has 256 valence electrons. The Balaban J connectivity index is 4.49. The van der Waals surface area contributed by atoms with E-state index in [4.69, 9.17) is 18.5 Å². The fourth-order valence-corrected chi connectivity index (χ4v) is 5.20. The number of phosphoric ester groups is 1. The average molecular weight is 635 g/mol. The Kier molecular flexibility index (Phi) is 26.7. The highest BCUT2D eigenvalue weighted by Crippen LogP contribution is 2.43. The van der Waals surface area contributed by atoms with Gasteiger partial charge in [-0.3, -0.25) is 18.6 Å². The monoisotopic (exact) mass is 634 g/mol. The highest BCUT2D eigenvalue weighted by atomic mass is 31.2. The number of rotatable bonds is 31. The molecule has 0 saturated carbocycles. The van der Waals surface area contributed by atoms with Crippen molar-refractivity contribution >= 4 is 19.8 Å². The number of nitrogens with zero attached hydrogens (tertiary/aromatic N) is 1. The van der Waals surface area contributed by atoms with Gasteiger partial charge in [-0.15, -0.1) is 0 Å². The van der Waals surface area contributed by atoms with Gasteiger partial charge in [-0.05, 0) is 12.8 Å².